The van der Waals surface area contributed by atoms with Gasteiger partial charge in [0.25, 0.3) is 5.56 Å². The number of nitrogens with one attached hydrogen (secondary N) is 1. The summed E-state index contributed by atoms with van der Waals surface area (Å²) in [6.07, 6.45) is 0.822. The summed E-state index contributed by atoms with van der Waals surface area (Å²) in [5.74, 6) is 0.364. The fourth-order valence-electron chi connectivity index (χ4n) is 2.34. The van der Waals surface area contributed by atoms with Crippen LogP contribution in [0.4, 0.5) is 0 Å². The molecule has 0 aliphatic carbocycles. The van der Waals surface area contributed by atoms with E-state index in [1.54, 1.807) is 10.6 Å². The molecule has 0 aliphatic heterocycles. The van der Waals surface area contributed by atoms with E-state index in [1.165, 1.54) is 11.8 Å². The molecule has 1 amide bonds. The molecule has 5 nitrogen and oxygen atoms in total. The van der Waals surface area contributed by atoms with Gasteiger partial charge in [-0.05, 0) is 37.5 Å². The Morgan fingerprint density at radius 3 is 2.72 bits per heavy atom. The predicted octanol–water partition coefficient (Wildman–Crippen LogP) is 3.82. The van der Waals surface area contributed by atoms with Gasteiger partial charge in [0.05, 0.1) is 16.2 Å². The first kappa shape index (κ1) is 20.0. The average molecular weight is 426 g/mol. The Morgan fingerprint density at radius 1 is 1.36 bits per heavy atom. The van der Waals surface area contributed by atoms with Gasteiger partial charge >= 0.3 is 0 Å². The molecule has 7 heteroatoms. The SMILES string of the molecule is CCCn1c(SC(C)C(=O)NCC(C)C)nc2ccc(Br)cc2c1=O. The van der Waals surface area contributed by atoms with Crippen molar-refractivity contribution in [2.45, 2.75) is 51.1 Å². The van der Waals surface area contributed by atoms with E-state index in [0.717, 1.165) is 10.9 Å². The number of thioether (sulfide) groups is 1. The summed E-state index contributed by atoms with van der Waals surface area (Å²) >= 11 is 4.73. The molecule has 1 atom stereocenters. The highest BCUT2D eigenvalue weighted by Crippen LogP contribution is 2.24. The molecule has 1 unspecified atom stereocenters. The number of carbonyl (C=O) groups excluding carboxylic acids is 1. The van der Waals surface area contributed by atoms with Crippen LogP contribution in [-0.2, 0) is 11.3 Å². The Hall–Kier alpha value is -1.34. The van der Waals surface area contributed by atoms with Crippen LogP contribution < -0.4 is 10.9 Å². The largest absolute Gasteiger partial charge is 0.355 e. The molecule has 25 heavy (non-hydrogen) atoms. The van der Waals surface area contributed by atoms with E-state index in [4.69, 9.17) is 0 Å². The predicted molar refractivity (Wildman–Crippen MR) is 107 cm³/mol. The molecule has 1 heterocycles. The van der Waals surface area contributed by atoms with Gasteiger partial charge in [-0.15, -0.1) is 0 Å². The number of nitrogens with zero attached hydrogens (tertiary/aromatic N) is 2. The zero-order chi connectivity index (χ0) is 18.6. The second-order valence-electron chi connectivity index (χ2n) is 6.41. The van der Waals surface area contributed by atoms with Crippen molar-refractivity contribution in [3.63, 3.8) is 0 Å². The summed E-state index contributed by atoms with van der Waals surface area (Å²) < 4.78 is 2.52. The van der Waals surface area contributed by atoms with Gasteiger partial charge in [-0.2, -0.15) is 0 Å². The molecule has 0 fully saturated rings. The van der Waals surface area contributed by atoms with Crippen molar-refractivity contribution in [2.75, 3.05) is 6.54 Å². The van der Waals surface area contributed by atoms with Gasteiger partial charge in [0, 0.05) is 17.6 Å². The number of halogens is 1. The van der Waals surface area contributed by atoms with Gasteiger partial charge < -0.3 is 5.32 Å². The van der Waals surface area contributed by atoms with E-state index in [2.05, 4.69) is 40.1 Å². The minimum Gasteiger partial charge on any atom is -0.355 e. The maximum atomic E-state index is 12.8. The van der Waals surface area contributed by atoms with Crippen molar-refractivity contribution in [1.82, 2.24) is 14.9 Å². The Bertz CT molecular complexity index is 820. The fourth-order valence-corrected chi connectivity index (χ4v) is 3.66. The lowest BCUT2D eigenvalue weighted by Crippen LogP contribution is -2.34. The summed E-state index contributed by atoms with van der Waals surface area (Å²) in [6, 6.07) is 5.49. The molecule has 136 valence electrons. The maximum Gasteiger partial charge on any atom is 0.262 e. The van der Waals surface area contributed by atoms with Gasteiger partial charge in [-0.1, -0.05) is 48.5 Å². The second kappa shape index (κ2) is 8.85. The number of aromatic nitrogens is 2. The van der Waals surface area contributed by atoms with Gasteiger partial charge in [-0.3, -0.25) is 14.2 Å². The molecule has 0 bridgehead atoms. The summed E-state index contributed by atoms with van der Waals surface area (Å²) in [6.45, 7) is 9.20. The molecule has 1 N–H and O–H groups in total. The highest BCUT2D eigenvalue weighted by Gasteiger charge is 2.19. The number of rotatable bonds is 7. The van der Waals surface area contributed by atoms with Crippen LogP contribution in [-0.4, -0.2) is 27.3 Å². The summed E-state index contributed by atoms with van der Waals surface area (Å²) in [5, 5.41) is 3.79. The molecule has 0 spiro atoms. The third-order valence-electron chi connectivity index (χ3n) is 3.66. The van der Waals surface area contributed by atoms with Crippen LogP contribution in [0.1, 0.15) is 34.1 Å². The number of hydrogen-bond acceptors (Lipinski definition) is 4. The molecule has 0 aliphatic rings. The van der Waals surface area contributed by atoms with Crippen LogP contribution in [0, 0.1) is 5.92 Å². The lowest BCUT2D eigenvalue weighted by molar-refractivity contribution is -0.120. The first-order chi connectivity index (χ1) is 11.8. The molecular formula is C18H24BrN3O2S. The first-order valence-electron chi connectivity index (χ1n) is 8.48. The van der Waals surface area contributed by atoms with Crippen molar-refractivity contribution in [3.8, 4) is 0 Å². The van der Waals surface area contributed by atoms with E-state index in [0.29, 0.717) is 35.1 Å². The molecule has 2 aromatic rings. The van der Waals surface area contributed by atoms with Crippen molar-refractivity contribution >= 4 is 44.5 Å². The summed E-state index contributed by atoms with van der Waals surface area (Å²) in [5.41, 5.74) is 0.586. The Labute approximate surface area is 160 Å². The molecule has 0 radical (unpaired) electrons. The zero-order valence-electron chi connectivity index (χ0n) is 15.0. The Kier molecular flexibility index (Phi) is 7.07. The van der Waals surface area contributed by atoms with Crippen LogP contribution in [0.3, 0.4) is 0 Å². The smallest absolute Gasteiger partial charge is 0.262 e. The highest BCUT2D eigenvalue weighted by atomic mass is 79.9. The van der Waals surface area contributed by atoms with Gasteiger partial charge in [0.15, 0.2) is 5.16 Å². The topological polar surface area (TPSA) is 64.0 Å². The number of fused-ring (bicyclic) bond motifs is 1. The minimum absolute atomic E-state index is 0.0353. The van der Waals surface area contributed by atoms with E-state index in [1.807, 2.05) is 26.0 Å². The van der Waals surface area contributed by atoms with E-state index < -0.39 is 0 Å². The fraction of sp³-hybridized carbons (Fsp3) is 0.500. The average Bonchev–Trinajstić information content (AvgIpc) is 2.56. The highest BCUT2D eigenvalue weighted by molar-refractivity contribution is 9.10. The zero-order valence-corrected chi connectivity index (χ0v) is 17.4. The molecule has 0 saturated heterocycles. The van der Waals surface area contributed by atoms with Crippen molar-refractivity contribution in [1.29, 1.82) is 0 Å². The monoisotopic (exact) mass is 425 g/mol. The molecule has 1 aromatic heterocycles. The number of hydrogen-bond donors (Lipinski definition) is 1. The standard InChI is InChI=1S/C18H24BrN3O2S/c1-5-8-22-17(24)14-9-13(19)6-7-15(14)21-18(22)25-12(4)16(23)20-10-11(2)3/h6-7,9,11-12H,5,8,10H2,1-4H3,(H,20,23). The summed E-state index contributed by atoms with van der Waals surface area (Å²) in [4.78, 5) is 29.7. The van der Waals surface area contributed by atoms with Crippen LogP contribution in [0.5, 0.6) is 0 Å². The number of amides is 1. The normalized spacial score (nSPS) is 12.6. The van der Waals surface area contributed by atoms with Crippen LogP contribution in [0.25, 0.3) is 10.9 Å². The quantitative estimate of drug-likeness (QED) is 0.540. The summed E-state index contributed by atoms with van der Waals surface area (Å²) in [7, 11) is 0. The second-order valence-corrected chi connectivity index (χ2v) is 8.64. The third kappa shape index (κ3) is 5.07. The first-order valence-corrected chi connectivity index (χ1v) is 10.1. The van der Waals surface area contributed by atoms with E-state index >= 15 is 0 Å². The molecule has 2 rings (SSSR count). The molecule has 0 saturated carbocycles. The third-order valence-corrected chi connectivity index (χ3v) is 5.25. The van der Waals surface area contributed by atoms with Crippen LogP contribution in [0.2, 0.25) is 0 Å². The number of benzene rings is 1. The Balaban J connectivity index is 2.36. The maximum absolute atomic E-state index is 12.8. The van der Waals surface area contributed by atoms with Crippen molar-refractivity contribution in [2.24, 2.45) is 5.92 Å². The molecule has 1 aromatic carbocycles. The van der Waals surface area contributed by atoms with Gasteiger partial charge in [0.1, 0.15) is 0 Å². The van der Waals surface area contributed by atoms with E-state index in [-0.39, 0.29) is 16.7 Å². The Morgan fingerprint density at radius 2 is 2.08 bits per heavy atom. The lowest BCUT2D eigenvalue weighted by Gasteiger charge is -2.16. The number of carbonyl (C=O) groups is 1. The van der Waals surface area contributed by atoms with Crippen molar-refractivity contribution in [3.05, 3.63) is 33.0 Å². The van der Waals surface area contributed by atoms with Crippen LogP contribution >= 0.6 is 27.7 Å². The lowest BCUT2D eigenvalue weighted by atomic mass is 10.2. The van der Waals surface area contributed by atoms with Crippen LogP contribution in [0.15, 0.2) is 32.6 Å². The minimum atomic E-state index is -0.318. The molecular weight excluding hydrogens is 402 g/mol. The van der Waals surface area contributed by atoms with Gasteiger partial charge in [0.2, 0.25) is 5.91 Å². The van der Waals surface area contributed by atoms with Crippen molar-refractivity contribution < 1.29 is 4.79 Å². The van der Waals surface area contributed by atoms with Gasteiger partial charge in [-0.25, -0.2) is 4.98 Å². The van der Waals surface area contributed by atoms with E-state index in [9.17, 15) is 9.59 Å².